The van der Waals surface area contributed by atoms with Crippen molar-refractivity contribution >= 4 is 10.1 Å². The molecule has 1 N–H and O–H groups in total. The third kappa shape index (κ3) is 13.9. The van der Waals surface area contributed by atoms with Crippen molar-refractivity contribution in [2.75, 3.05) is 0 Å². The summed E-state index contributed by atoms with van der Waals surface area (Å²) in [6, 6.07) is 4.18. The van der Waals surface area contributed by atoms with Crippen LogP contribution in [0.1, 0.15) is 153 Å². The molecule has 1 aromatic rings. The molecule has 0 radical (unpaired) electrons. The van der Waals surface area contributed by atoms with Crippen LogP contribution < -0.4 is 0 Å². The van der Waals surface area contributed by atoms with Gasteiger partial charge in [-0.15, -0.1) is 0 Å². The highest BCUT2D eigenvalue weighted by Crippen LogP contribution is 2.28. The zero-order valence-corrected chi connectivity index (χ0v) is 23.5. The molecule has 0 spiro atoms. The molecule has 0 bridgehead atoms. The van der Waals surface area contributed by atoms with Gasteiger partial charge in [0.2, 0.25) is 0 Å². The van der Waals surface area contributed by atoms with E-state index in [0.717, 1.165) is 62.5 Å². The van der Waals surface area contributed by atoms with E-state index in [-0.39, 0.29) is 4.90 Å². The predicted molar refractivity (Wildman–Crippen MR) is 147 cm³/mol. The summed E-state index contributed by atoms with van der Waals surface area (Å²) < 4.78 is 35.1. The van der Waals surface area contributed by atoms with Crippen LogP contribution in [0.2, 0.25) is 0 Å². The largest absolute Gasteiger partial charge is 0.295 e. The Morgan fingerprint density at radius 1 is 0.529 bits per heavy atom. The lowest BCUT2D eigenvalue weighted by atomic mass is 9.95. The lowest BCUT2D eigenvalue weighted by Gasteiger charge is -2.16. The second-order valence-corrected chi connectivity index (χ2v) is 11.6. The zero-order valence-electron chi connectivity index (χ0n) is 22.7. The van der Waals surface area contributed by atoms with E-state index >= 15 is 0 Å². The van der Waals surface area contributed by atoms with Crippen LogP contribution >= 0.6 is 0 Å². The van der Waals surface area contributed by atoms with Crippen molar-refractivity contribution in [1.29, 1.82) is 0 Å². The van der Waals surface area contributed by atoms with Crippen molar-refractivity contribution in [3.05, 3.63) is 28.8 Å². The molecule has 198 valence electrons. The fourth-order valence-corrected chi connectivity index (χ4v) is 5.96. The normalized spacial score (nSPS) is 11.9. The van der Waals surface area contributed by atoms with E-state index in [0.29, 0.717) is 0 Å². The number of hydrogen-bond acceptors (Lipinski definition) is 2. The van der Waals surface area contributed by atoms with E-state index in [9.17, 15) is 13.0 Å². The van der Waals surface area contributed by atoms with Gasteiger partial charge in [-0.2, -0.15) is 8.42 Å². The summed E-state index contributed by atoms with van der Waals surface area (Å²) in [5, 5.41) is 0. The summed E-state index contributed by atoms with van der Waals surface area (Å²) in [4.78, 5) is 0.223. The fourth-order valence-electron chi connectivity index (χ4n) is 4.97. The molecule has 3 nitrogen and oxygen atoms in total. The third-order valence-electron chi connectivity index (χ3n) is 6.98. The molecule has 0 saturated heterocycles. The van der Waals surface area contributed by atoms with Gasteiger partial charge in [-0.25, -0.2) is 0 Å². The molecule has 0 unspecified atom stereocenters. The van der Waals surface area contributed by atoms with Gasteiger partial charge < -0.3 is 0 Å². The molecular formula is C30H54O3S. The van der Waals surface area contributed by atoms with Crippen LogP contribution in [0.3, 0.4) is 0 Å². The standard InChI is InChI=1S/C30H54O3S/c1-4-7-10-13-16-19-22-27-25-28(23-20-17-14-11-8-5-2)30(34(31,32)33)29(26-27)24-21-18-15-12-9-6-3/h25-26H,4-24H2,1-3H3,(H,31,32,33). The van der Waals surface area contributed by atoms with E-state index in [1.54, 1.807) is 0 Å². The highest BCUT2D eigenvalue weighted by atomic mass is 32.2. The maximum absolute atomic E-state index is 12.5. The number of hydrogen-bond donors (Lipinski definition) is 1. The van der Waals surface area contributed by atoms with Crippen molar-refractivity contribution < 1.29 is 13.0 Å². The minimum Gasteiger partial charge on any atom is -0.282 e. The molecule has 1 aromatic carbocycles. The highest BCUT2D eigenvalue weighted by Gasteiger charge is 2.21. The van der Waals surface area contributed by atoms with Gasteiger partial charge in [0.1, 0.15) is 4.90 Å². The van der Waals surface area contributed by atoms with Crippen molar-refractivity contribution in [2.24, 2.45) is 0 Å². The first-order chi connectivity index (χ1) is 16.4. The molecule has 4 heteroatoms. The molecule has 0 aliphatic heterocycles. The summed E-state index contributed by atoms with van der Waals surface area (Å²) >= 11 is 0. The monoisotopic (exact) mass is 494 g/mol. The van der Waals surface area contributed by atoms with Crippen molar-refractivity contribution in [3.63, 3.8) is 0 Å². The lowest BCUT2D eigenvalue weighted by Crippen LogP contribution is -2.10. The first-order valence-corrected chi connectivity index (χ1v) is 16.0. The van der Waals surface area contributed by atoms with E-state index in [1.807, 2.05) is 0 Å². The van der Waals surface area contributed by atoms with Gasteiger partial charge in [0.15, 0.2) is 0 Å². The Kier molecular flexibility index (Phi) is 17.7. The number of rotatable bonds is 22. The molecular weight excluding hydrogens is 440 g/mol. The maximum atomic E-state index is 12.5. The molecule has 0 amide bonds. The second-order valence-electron chi connectivity index (χ2n) is 10.3. The van der Waals surface area contributed by atoms with Gasteiger partial charge in [0.05, 0.1) is 0 Å². The zero-order chi connectivity index (χ0) is 25.1. The van der Waals surface area contributed by atoms with Crippen LogP contribution in [-0.4, -0.2) is 13.0 Å². The highest BCUT2D eigenvalue weighted by molar-refractivity contribution is 7.86. The quantitative estimate of drug-likeness (QED) is 0.129. The minimum atomic E-state index is -4.22. The van der Waals surface area contributed by atoms with Crippen molar-refractivity contribution in [3.8, 4) is 0 Å². The maximum Gasteiger partial charge on any atom is 0.295 e. The van der Waals surface area contributed by atoms with Crippen molar-refractivity contribution in [1.82, 2.24) is 0 Å². The first kappa shape index (κ1) is 31.2. The van der Waals surface area contributed by atoms with E-state index in [1.165, 1.54) is 89.0 Å². The van der Waals surface area contributed by atoms with Crippen LogP contribution in [0.5, 0.6) is 0 Å². The van der Waals surface area contributed by atoms with E-state index in [4.69, 9.17) is 0 Å². The molecule has 0 heterocycles. The third-order valence-corrected chi connectivity index (χ3v) is 8.02. The first-order valence-electron chi connectivity index (χ1n) is 14.6. The van der Waals surface area contributed by atoms with Gasteiger partial charge in [-0.05, 0) is 55.2 Å². The molecule has 0 saturated carbocycles. The smallest absolute Gasteiger partial charge is 0.282 e. The van der Waals surface area contributed by atoms with Crippen molar-refractivity contribution in [2.45, 2.75) is 161 Å². The Balaban J connectivity index is 2.92. The molecule has 0 aliphatic carbocycles. The van der Waals surface area contributed by atoms with Crippen LogP contribution in [0.25, 0.3) is 0 Å². The predicted octanol–water partition coefficient (Wildman–Crippen LogP) is 9.64. The van der Waals surface area contributed by atoms with Crippen LogP contribution in [0, 0.1) is 0 Å². The Morgan fingerprint density at radius 3 is 1.21 bits per heavy atom. The second kappa shape index (κ2) is 19.3. The molecule has 0 aromatic heterocycles. The molecule has 34 heavy (non-hydrogen) atoms. The van der Waals surface area contributed by atoms with Crippen LogP contribution in [-0.2, 0) is 29.4 Å². The van der Waals surface area contributed by atoms with Gasteiger partial charge in [0.25, 0.3) is 10.1 Å². The molecule has 0 aliphatic rings. The number of aryl methyl sites for hydroxylation is 3. The molecule has 1 rings (SSSR count). The summed E-state index contributed by atoms with van der Waals surface area (Å²) in [6.45, 7) is 6.69. The van der Waals surface area contributed by atoms with Crippen LogP contribution in [0.4, 0.5) is 0 Å². The molecule has 0 atom stereocenters. The Labute approximate surface area is 212 Å². The van der Waals surface area contributed by atoms with Gasteiger partial charge >= 0.3 is 0 Å². The average Bonchev–Trinajstić information content (AvgIpc) is 2.79. The lowest BCUT2D eigenvalue weighted by molar-refractivity contribution is 0.479. The fraction of sp³-hybridized carbons (Fsp3) is 0.800. The van der Waals surface area contributed by atoms with E-state index < -0.39 is 10.1 Å². The SMILES string of the molecule is CCCCCCCCc1cc(CCCCCCCC)c(S(=O)(=O)O)c(CCCCCCCC)c1. The summed E-state index contributed by atoms with van der Waals surface area (Å²) in [7, 11) is -4.22. The van der Waals surface area contributed by atoms with Gasteiger partial charge in [-0.3, -0.25) is 4.55 Å². The minimum absolute atomic E-state index is 0.223. The van der Waals surface area contributed by atoms with Crippen LogP contribution in [0.15, 0.2) is 17.0 Å². The van der Waals surface area contributed by atoms with E-state index in [2.05, 4.69) is 32.9 Å². The summed E-state index contributed by atoms with van der Waals surface area (Å²) in [6.07, 6.45) is 24.2. The Hall–Kier alpha value is -0.870. The Morgan fingerprint density at radius 2 is 0.853 bits per heavy atom. The number of unbranched alkanes of at least 4 members (excludes halogenated alkanes) is 15. The summed E-state index contributed by atoms with van der Waals surface area (Å²) in [5.41, 5.74) is 2.95. The number of benzene rings is 1. The van der Waals surface area contributed by atoms with Gasteiger partial charge in [0, 0.05) is 0 Å². The average molecular weight is 495 g/mol. The summed E-state index contributed by atoms with van der Waals surface area (Å²) in [5.74, 6) is 0. The topological polar surface area (TPSA) is 54.4 Å². The Bertz CT molecular complexity index is 702. The molecule has 0 fully saturated rings. The van der Waals surface area contributed by atoms with Gasteiger partial charge in [-0.1, -0.05) is 129 Å².